The number of rotatable bonds is 4. The van der Waals surface area contributed by atoms with Crippen LogP contribution in [0.4, 0.5) is 0 Å². The molecule has 1 aliphatic rings. The summed E-state index contributed by atoms with van der Waals surface area (Å²) in [7, 11) is -2.00. The Labute approximate surface area is 164 Å². The molecular weight excluding hydrogens is 374 g/mol. The van der Waals surface area contributed by atoms with E-state index < -0.39 is 10.0 Å². The van der Waals surface area contributed by atoms with Crippen molar-refractivity contribution < 1.29 is 17.9 Å². The number of hydrogen-bond acceptors (Lipinski definition) is 4. The molecule has 28 heavy (non-hydrogen) atoms. The number of nitrogens with two attached hydrogens (primary N) is 1. The lowest BCUT2D eigenvalue weighted by atomic mass is 9.87. The molecule has 1 atom stereocenters. The molecule has 0 aromatic heterocycles. The Hall–Kier alpha value is -2.83. The Morgan fingerprint density at radius 2 is 1.82 bits per heavy atom. The van der Waals surface area contributed by atoms with E-state index in [2.05, 4.69) is 0 Å². The molecule has 0 saturated heterocycles. The van der Waals surface area contributed by atoms with Gasteiger partial charge in [0, 0.05) is 5.56 Å². The van der Waals surface area contributed by atoms with Gasteiger partial charge in [-0.1, -0.05) is 48.5 Å². The molecule has 4 rings (SSSR count). The second-order valence-corrected chi connectivity index (χ2v) is 8.59. The molecule has 0 bridgehead atoms. The Morgan fingerprint density at radius 1 is 1.07 bits per heavy atom. The van der Waals surface area contributed by atoms with Gasteiger partial charge in [0.15, 0.2) is 0 Å². The molecule has 0 amide bonds. The van der Waals surface area contributed by atoms with E-state index in [0.29, 0.717) is 5.56 Å². The molecule has 5 nitrogen and oxygen atoms in total. The van der Waals surface area contributed by atoms with Crippen LogP contribution in [0.5, 0.6) is 11.5 Å². The minimum atomic E-state index is -3.63. The fourth-order valence-electron chi connectivity index (χ4n) is 3.69. The molecule has 0 aliphatic carbocycles. The van der Waals surface area contributed by atoms with Crippen LogP contribution in [0, 0.1) is 6.92 Å². The fraction of sp³-hybridized carbons (Fsp3) is 0.182. The lowest BCUT2D eigenvalue weighted by Gasteiger charge is -2.31. The van der Waals surface area contributed by atoms with Crippen LogP contribution in [0.2, 0.25) is 0 Å². The third-order valence-corrected chi connectivity index (χ3v) is 5.55. The van der Waals surface area contributed by atoms with Gasteiger partial charge in [-0.2, -0.15) is 0 Å². The SMILES string of the molecule is COc1cc(C)cc2c1-c1ccc(CS(N)(=O)=O)cc1C(c1ccccc1)O2. The second kappa shape index (κ2) is 6.96. The Balaban J connectivity index is 1.95. The Kier molecular flexibility index (Phi) is 4.61. The van der Waals surface area contributed by atoms with Gasteiger partial charge in [0.1, 0.15) is 17.6 Å². The van der Waals surface area contributed by atoms with Gasteiger partial charge in [0.2, 0.25) is 10.0 Å². The van der Waals surface area contributed by atoms with Crippen LogP contribution in [0.25, 0.3) is 11.1 Å². The topological polar surface area (TPSA) is 78.6 Å². The number of benzene rings is 3. The number of ether oxygens (including phenoxy) is 2. The van der Waals surface area contributed by atoms with E-state index in [1.165, 1.54) is 0 Å². The van der Waals surface area contributed by atoms with Crippen molar-refractivity contribution in [3.05, 3.63) is 82.9 Å². The zero-order valence-electron chi connectivity index (χ0n) is 15.7. The average Bonchev–Trinajstić information content (AvgIpc) is 2.65. The number of hydrogen-bond donors (Lipinski definition) is 1. The van der Waals surface area contributed by atoms with Crippen LogP contribution in [0.3, 0.4) is 0 Å². The Morgan fingerprint density at radius 3 is 2.50 bits per heavy atom. The first-order chi connectivity index (χ1) is 13.4. The molecule has 0 fully saturated rings. The molecule has 6 heteroatoms. The van der Waals surface area contributed by atoms with Gasteiger partial charge in [0.05, 0.1) is 18.4 Å². The van der Waals surface area contributed by atoms with E-state index in [4.69, 9.17) is 14.6 Å². The first-order valence-corrected chi connectivity index (χ1v) is 10.6. The highest BCUT2D eigenvalue weighted by Gasteiger charge is 2.30. The second-order valence-electron chi connectivity index (χ2n) is 6.98. The van der Waals surface area contributed by atoms with E-state index in [0.717, 1.165) is 39.3 Å². The summed E-state index contributed by atoms with van der Waals surface area (Å²) in [6, 6.07) is 19.4. The van der Waals surface area contributed by atoms with Crippen molar-refractivity contribution in [1.29, 1.82) is 0 Å². The number of sulfonamides is 1. The van der Waals surface area contributed by atoms with Crippen molar-refractivity contribution in [3.8, 4) is 22.6 Å². The van der Waals surface area contributed by atoms with Gasteiger partial charge in [-0.3, -0.25) is 0 Å². The first kappa shape index (κ1) is 18.5. The largest absolute Gasteiger partial charge is 0.496 e. The summed E-state index contributed by atoms with van der Waals surface area (Å²) < 4.78 is 35.2. The molecule has 0 radical (unpaired) electrons. The standard InChI is InChI=1S/C22H21NO4S/c1-14-10-19(26-2)21-17-9-8-15(13-28(23,24)25)12-18(17)22(27-20(21)11-14)16-6-4-3-5-7-16/h3-12,22H,13H2,1-2H3,(H2,23,24,25). The van der Waals surface area contributed by atoms with Crippen molar-refractivity contribution in [3.63, 3.8) is 0 Å². The highest BCUT2D eigenvalue weighted by molar-refractivity contribution is 7.88. The maximum absolute atomic E-state index is 11.6. The summed E-state index contributed by atoms with van der Waals surface area (Å²) in [5.41, 5.74) is 5.38. The van der Waals surface area contributed by atoms with E-state index in [9.17, 15) is 8.42 Å². The zero-order valence-corrected chi connectivity index (χ0v) is 16.5. The normalized spacial score (nSPS) is 15.3. The van der Waals surface area contributed by atoms with Crippen LogP contribution >= 0.6 is 0 Å². The van der Waals surface area contributed by atoms with Crippen LogP contribution in [-0.4, -0.2) is 15.5 Å². The van der Waals surface area contributed by atoms with E-state index in [1.807, 2.05) is 61.5 Å². The Bertz CT molecular complexity index is 1140. The maximum atomic E-state index is 11.6. The smallest absolute Gasteiger partial charge is 0.213 e. The number of methoxy groups -OCH3 is 1. The number of primary sulfonamides is 1. The van der Waals surface area contributed by atoms with Crippen molar-refractivity contribution in [1.82, 2.24) is 0 Å². The fourth-order valence-corrected chi connectivity index (χ4v) is 4.33. The summed E-state index contributed by atoms with van der Waals surface area (Å²) >= 11 is 0. The minimum absolute atomic E-state index is 0.223. The van der Waals surface area contributed by atoms with Gasteiger partial charge in [-0.15, -0.1) is 0 Å². The van der Waals surface area contributed by atoms with Gasteiger partial charge < -0.3 is 9.47 Å². The molecule has 0 spiro atoms. The monoisotopic (exact) mass is 395 g/mol. The average molecular weight is 395 g/mol. The summed E-state index contributed by atoms with van der Waals surface area (Å²) in [6.07, 6.45) is -0.351. The summed E-state index contributed by atoms with van der Waals surface area (Å²) in [6.45, 7) is 1.99. The van der Waals surface area contributed by atoms with Crippen LogP contribution in [0.1, 0.15) is 28.4 Å². The maximum Gasteiger partial charge on any atom is 0.213 e. The molecule has 144 valence electrons. The quantitative estimate of drug-likeness (QED) is 0.726. The van der Waals surface area contributed by atoms with Crippen molar-refractivity contribution in [2.75, 3.05) is 7.11 Å². The highest BCUT2D eigenvalue weighted by Crippen LogP contribution is 2.49. The molecule has 1 heterocycles. The minimum Gasteiger partial charge on any atom is -0.496 e. The predicted octanol–water partition coefficient (Wildman–Crippen LogP) is 3.94. The zero-order chi connectivity index (χ0) is 19.9. The summed E-state index contributed by atoms with van der Waals surface area (Å²) in [5.74, 6) is 1.25. The lowest BCUT2D eigenvalue weighted by Crippen LogP contribution is -2.18. The van der Waals surface area contributed by atoms with Gasteiger partial charge >= 0.3 is 0 Å². The van der Waals surface area contributed by atoms with Gasteiger partial charge in [0.25, 0.3) is 0 Å². The molecule has 2 N–H and O–H groups in total. The van der Waals surface area contributed by atoms with E-state index >= 15 is 0 Å². The van der Waals surface area contributed by atoms with Crippen LogP contribution in [0.15, 0.2) is 60.7 Å². The summed E-state index contributed by atoms with van der Waals surface area (Å²) in [5, 5.41) is 5.25. The number of fused-ring (bicyclic) bond motifs is 3. The van der Waals surface area contributed by atoms with Gasteiger partial charge in [-0.25, -0.2) is 13.6 Å². The van der Waals surface area contributed by atoms with Crippen LogP contribution in [-0.2, 0) is 15.8 Å². The molecular formula is C22H21NO4S. The summed E-state index contributed by atoms with van der Waals surface area (Å²) in [4.78, 5) is 0. The van der Waals surface area contributed by atoms with Crippen LogP contribution < -0.4 is 14.6 Å². The van der Waals surface area contributed by atoms with E-state index in [-0.39, 0.29) is 11.9 Å². The van der Waals surface area contributed by atoms with Crippen molar-refractivity contribution in [2.45, 2.75) is 18.8 Å². The number of aryl methyl sites for hydroxylation is 1. The molecule has 1 aliphatic heterocycles. The molecule has 3 aromatic carbocycles. The molecule has 0 saturated carbocycles. The molecule has 1 unspecified atom stereocenters. The highest BCUT2D eigenvalue weighted by atomic mass is 32.2. The van der Waals surface area contributed by atoms with Crippen molar-refractivity contribution >= 4 is 10.0 Å². The van der Waals surface area contributed by atoms with E-state index in [1.54, 1.807) is 13.2 Å². The lowest BCUT2D eigenvalue weighted by molar-refractivity contribution is 0.242. The predicted molar refractivity (Wildman–Crippen MR) is 109 cm³/mol. The third-order valence-electron chi connectivity index (χ3n) is 4.81. The van der Waals surface area contributed by atoms with Gasteiger partial charge in [-0.05, 0) is 41.3 Å². The first-order valence-electron chi connectivity index (χ1n) is 8.89. The van der Waals surface area contributed by atoms with Crippen molar-refractivity contribution in [2.24, 2.45) is 5.14 Å². The molecule has 3 aromatic rings. The third kappa shape index (κ3) is 3.48.